The standard InChI is InChI=1S/C17H27N3O/c1-3-14(2)19-17(21)13-18-15-7-9-16(10-8-15)20-11-5-4-6-12-20/h7-10,14,18H,3-6,11-13H2,1-2H3,(H,19,21). The summed E-state index contributed by atoms with van der Waals surface area (Å²) in [5.74, 6) is 0.0458. The molecule has 4 nitrogen and oxygen atoms in total. The Kier molecular flexibility index (Phi) is 5.90. The van der Waals surface area contributed by atoms with Crippen molar-refractivity contribution in [2.75, 3.05) is 29.9 Å². The monoisotopic (exact) mass is 289 g/mol. The molecule has 0 bridgehead atoms. The first-order valence-electron chi connectivity index (χ1n) is 8.07. The average Bonchev–Trinajstić information content (AvgIpc) is 2.54. The molecule has 0 spiro atoms. The summed E-state index contributed by atoms with van der Waals surface area (Å²) in [7, 11) is 0. The van der Waals surface area contributed by atoms with Crippen molar-refractivity contribution in [3.8, 4) is 0 Å². The number of carbonyl (C=O) groups is 1. The molecule has 1 heterocycles. The van der Waals surface area contributed by atoms with Crippen LogP contribution in [0, 0.1) is 0 Å². The van der Waals surface area contributed by atoms with Crippen molar-refractivity contribution in [2.45, 2.75) is 45.6 Å². The highest BCUT2D eigenvalue weighted by Gasteiger charge is 2.10. The number of rotatable bonds is 6. The van der Waals surface area contributed by atoms with Gasteiger partial charge in [0, 0.05) is 30.5 Å². The highest BCUT2D eigenvalue weighted by atomic mass is 16.1. The number of hydrogen-bond acceptors (Lipinski definition) is 3. The van der Waals surface area contributed by atoms with Crippen LogP contribution in [-0.4, -0.2) is 31.6 Å². The summed E-state index contributed by atoms with van der Waals surface area (Å²) in [5, 5.41) is 6.13. The molecule has 0 aromatic heterocycles. The van der Waals surface area contributed by atoms with Crippen molar-refractivity contribution in [3.05, 3.63) is 24.3 Å². The van der Waals surface area contributed by atoms with Gasteiger partial charge in [-0.3, -0.25) is 4.79 Å². The largest absolute Gasteiger partial charge is 0.376 e. The molecular formula is C17H27N3O. The van der Waals surface area contributed by atoms with E-state index in [1.807, 2.05) is 6.92 Å². The minimum atomic E-state index is 0.0458. The molecule has 116 valence electrons. The second-order valence-electron chi connectivity index (χ2n) is 5.82. The molecule has 1 atom stereocenters. The molecule has 2 N–H and O–H groups in total. The summed E-state index contributed by atoms with van der Waals surface area (Å²) >= 11 is 0. The fourth-order valence-electron chi connectivity index (χ4n) is 2.55. The second kappa shape index (κ2) is 7.91. The number of piperidine rings is 1. The molecule has 0 saturated carbocycles. The van der Waals surface area contributed by atoms with Gasteiger partial charge in [-0.15, -0.1) is 0 Å². The van der Waals surface area contributed by atoms with E-state index >= 15 is 0 Å². The summed E-state index contributed by atoms with van der Waals surface area (Å²) in [4.78, 5) is 14.2. The Balaban J connectivity index is 1.80. The van der Waals surface area contributed by atoms with E-state index in [0.29, 0.717) is 6.54 Å². The SMILES string of the molecule is CCC(C)NC(=O)CNc1ccc(N2CCCCC2)cc1. The molecule has 1 aliphatic heterocycles. The zero-order valence-electron chi connectivity index (χ0n) is 13.2. The summed E-state index contributed by atoms with van der Waals surface area (Å²) in [5.41, 5.74) is 2.28. The predicted octanol–water partition coefficient (Wildman–Crippen LogP) is 3.00. The third-order valence-corrected chi connectivity index (χ3v) is 4.06. The summed E-state index contributed by atoms with van der Waals surface area (Å²) in [6, 6.07) is 8.63. The Morgan fingerprint density at radius 3 is 2.48 bits per heavy atom. The van der Waals surface area contributed by atoms with Gasteiger partial charge in [0.25, 0.3) is 0 Å². The van der Waals surface area contributed by atoms with Gasteiger partial charge in [0.2, 0.25) is 5.91 Å². The smallest absolute Gasteiger partial charge is 0.239 e. The van der Waals surface area contributed by atoms with E-state index in [0.717, 1.165) is 25.2 Å². The van der Waals surface area contributed by atoms with Crippen LogP contribution >= 0.6 is 0 Å². The van der Waals surface area contributed by atoms with Crippen LogP contribution < -0.4 is 15.5 Å². The van der Waals surface area contributed by atoms with Crippen molar-refractivity contribution < 1.29 is 4.79 Å². The highest BCUT2D eigenvalue weighted by Crippen LogP contribution is 2.21. The molecular weight excluding hydrogens is 262 g/mol. The topological polar surface area (TPSA) is 44.4 Å². The molecule has 1 aliphatic rings. The fraction of sp³-hybridized carbons (Fsp3) is 0.588. The van der Waals surface area contributed by atoms with E-state index in [1.165, 1.54) is 24.9 Å². The van der Waals surface area contributed by atoms with Crippen LogP contribution in [-0.2, 0) is 4.79 Å². The van der Waals surface area contributed by atoms with Gasteiger partial charge in [-0.25, -0.2) is 0 Å². The Morgan fingerprint density at radius 2 is 1.86 bits per heavy atom. The van der Waals surface area contributed by atoms with E-state index < -0.39 is 0 Å². The number of carbonyl (C=O) groups excluding carboxylic acids is 1. The van der Waals surface area contributed by atoms with Gasteiger partial charge in [0.15, 0.2) is 0 Å². The van der Waals surface area contributed by atoms with Crippen LogP contribution in [0.3, 0.4) is 0 Å². The third-order valence-electron chi connectivity index (χ3n) is 4.06. The fourth-order valence-corrected chi connectivity index (χ4v) is 2.55. The molecule has 1 amide bonds. The van der Waals surface area contributed by atoms with Gasteiger partial charge in [-0.2, -0.15) is 0 Å². The van der Waals surface area contributed by atoms with Crippen LogP contribution in [0.4, 0.5) is 11.4 Å². The maximum atomic E-state index is 11.7. The summed E-state index contributed by atoms with van der Waals surface area (Å²) in [6.45, 7) is 6.73. The molecule has 1 aromatic rings. The molecule has 1 fully saturated rings. The number of nitrogens with zero attached hydrogens (tertiary/aromatic N) is 1. The Labute approximate surface area is 127 Å². The van der Waals surface area contributed by atoms with E-state index in [1.54, 1.807) is 0 Å². The lowest BCUT2D eigenvalue weighted by atomic mass is 10.1. The average molecular weight is 289 g/mol. The lowest BCUT2D eigenvalue weighted by molar-refractivity contribution is -0.120. The van der Waals surface area contributed by atoms with Gasteiger partial charge < -0.3 is 15.5 Å². The quantitative estimate of drug-likeness (QED) is 0.846. The molecule has 1 saturated heterocycles. The summed E-state index contributed by atoms with van der Waals surface area (Å²) in [6.07, 6.45) is 4.88. The van der Waals surface area contributed by atoms with Gasteiger partial charge in [0.05, 0.1) is 6.54 Å². The van der Waals surface area contributed by atoms with Crippen molar-refractivity contribution in [1.29, 1.82) is 0 Å². The van der Waals surface area contributed by atoms with E-state index in [4.69, 9.17) is 0 Å². The summed E-state index contributed by atoms with van der Waals surface area (Å²) < 4.78 is 0. The molecule has 4 heteroatoms. The molecule has 2 rings (SSSR count). The molecule has 1 unspecified atom stereocenters. The maximum Gasteiger partial charge on any atom is 0.239 e. The predicted molar refractivity (Wildman–Crippen MR) is 88.9 cm³/mol. The Morgan fingerprint density at radius 1 is 1.19 bits per heavy atom. The lowest BCUT2D eigenvalue weighted by Gasteiger charge is -2.28. The number of nitrogens with one attached hydrogen (secondary N) is 2. The van der Waals surface area contributed by atoms with Gasteiger partial charge in [0.1, 0.15) is 0 Å². The number of amides is 1. The minimum Gasteiger partial charge on any atom is -0.376 e. The Hall–Kier alpha value is -1.71. The van der Waals surface area contributed by atoms with Gasteiger partial charge in [-0.05, 0) is 56.9 Å². The lowest BCUT2D eigenvalue weighted by Crippen LogP contribution is -2.36. The number of hydrogen-bond donors (Lipinski definition) is 2. The number of benzene rings is 1. The normalized spacial score (nSPS) is 16.4. The van der Waals surface area contributed by atoms with E-state index in [-0.39, 0.29) is 11.9 Å². The van der Waals surface area contributed by atoms with E-state index in [2.05, 4.69) is 46.7 Å². The van der Waals surface area contributed by atoms with Crippen LogP contribution in [0.2, 0.25) is 0 Å². The van der Waals surface area contributed by atoms with Crippen molar-refractivity contribution in [3.63, 3.8) is 0 Å². The van der Waals surface area contributed by atoms with Gasteiger partial charge >= 0.3 is 0 Å². The van der Waals surface area contributed by atoms with Crippen molar-refractivity contribution >= 4 is 17.3 Å². The molecule has 0 radical (unpaired) electrons. The first-order valence-corrected chi connectivity index (χ1v) is 8.07. The van der Waals surface area contributed by atoms with Crippen LogP contribution in [0.1, 0.15) is 39.5 Å². The highest BCUT2D eigenvalue weighted by molar-refractivity contribution is 5.81. The van der Waals surface area contributed by atoms with Crippen molar-refractivity contribution in [2.24, 2.45) is 0 Å². The first-order chi connectivity index (χ1) is 10.2. The number of anilines is 2. The zero-order valence-corrected chi connectivity index (χ0v) is 13.2. The minimum absolute atomic E-state index is 0.0458. The second-order valence-corrected chi connectivity index (χ2v) is 5.82. The third kappa shape index (κ3) is 4.96. The first kappa shape index (κ1) is 15.7. The van der Waals surface area contributed by atoms with E-state index in [9.17, 15) is 4.79 Å². The van der Waals surface area contributed by atoms with Crippen LogP contribution in [0.15, 0.2) is 24.3 Å². The van der Waals surface area contributed by atoms with Crippen LogP contribution in [0.5, 0.6) is 0 Å². The van der Waals surface area contributed by atoms with Gasteiger partial charge in [-0.1, -0.05) is 6.92 Å². The maximum absolute atomic E-state index is 11.7. The molecule has 1 aromatic carbocycles. The van der Waals surface area contributed by atoms with Crippen LogP contribution in [0.25, 0.3) is 0 Å². The molecule has 21 heavy (non-hydrogen) atoms. The molecule has 0 aliphatic carbocycles. The Bertz CT molecular complexity index is 438. The van der Waals surface area contributed by atoms with Crippen molar-refractivity contribution in [1.82, 2.24) is 5.32 Å². The zero-order chi connectivity index (χ0) is 15.1.